The van der Waals surface area contributed by atoms with Gasteiger partial charge in [-0.05, 0) is 24.3 Å². The summed E-state index contributed by atoms with van der Waals surface area (Å²) in [5.74, 6) is -2.70. The van der Waals surface area contributed by atoms with Crippen LogP contribution in [-0.2, 0) is 25.1 Å². The fourth-order valence-corrected chi connectivity index (χ4v) is 3.31. The van der Waals surface area contributed by atoms with Crippen LogP contribution in [0.3, 0.4) is 0 Å². The minimum absolute atomic E-state index is 0.0443. The molecule has 2 rings (SSSR count). The molecule has 2 aromatic carbocycles. The van der Waals surface area contributed by atoms with Gasteiger partial charge in [-0.1, -0.05) is 24.3 Å². The molecule has 0 amide bonds. The third-order valence-electron chi connectivity index (χ3n) is 3.19. The minimum atomic E-state index is -1.75. The van der Waals surface area contributed by atoms with Crippen molar-refractivity contribution in [2.24, 2.45) is 0 Å². The molecular formula is C18H16O7S. The lowest BCUT2D eigenvalue weighted by atomic mass is 10.2. The number of carbonyl (C=O) groups excluding carboxylic acids is 1. The van der Waals surface area contributed by atoms with Crippen LogP contribution in [0.2, 0.25) is 0 Å². The number of aromatic carboxylic acids is 1. The van der Waals surface area contributed by atoms with Crippen molar-refractivity contribution in [3.8, 4) is 5.75 Å². The maximum Gasteiger partial charge on any atom is 0.377 e. The number of hydrogen-bond acceptors (Lipinski definition) is 6. The third kappa shape index (κ3) is 4.28. The molecule has 136 valence electrons. The lowest BCUT2D eigenvalue weighted by Gasteiger charge is -2.13. The zero-order chi connectivity index (χ0) is 19.1. The topological polar surface area (TPSA) is 99.1 Å². The maximum atomic E-state index is 12.8. The Labute approximate surface area is 152 Å². The first-order valence-electron chi connectivity index (χ1n) is 7.31. The van der Waals surface area contributed by atoms with E-state index in [2.05, 4.69) is 4.74 Å². The van der Waals surface area contributed by atoms with Gasteiger partial charge in [-0.3, -0.25) is 0 Å². The molecule has 8 heteroatoms. The van der Waals surface area contributed by atoms with Gasteiger partial charge in [0.1, 0.15) is 17.6 Å². The van der Waals surface area contributed by atoms with Crippen LogP contribution < -0.4 is 4.74 Å². The molecule has 0 heterocycles. The monoisotopic (exact) mass is 376 g/mol. The van der Waals surface area contributed by atoms with Crippen LogP contribution in [0, 0.1) is 0 Å². The number of esters is 1. The number of methoxy groups -OCH3 is 2. The van der Waals surface area contributed by atoms with Gasteiger partial charge in [0.05, 0.1) is 29.9 Å². The zero-order valence-electron chi connectivity index (χ0n) is 14.0. The Balaban J connectivity index is 2.52. The van der Waals surface area contributed by atoms with Gasteiger partial charge < -0.3 is 19.3 Å². The van der Waals surface area contributed by atoms with E-state index < -0.39 is 22.7 Å². The average Bonchev–Trinajstić information content (AvgIpc) is 2.66. The SMILES string of the molecule is CO/C=C(/Oc1cccc(S(=O)c2ccccc2)c1C(=O)O)C(=O)OC. The van der Waals surface area contributed by atoms with E-state index >= 15 is 0 Å². The van der Waals surface area contributed by atoms with Gasteiger partial charge in [-0.2, -0.15) is 0 Å². The molecule has 1 unspecified atom stereocenters. The van der Waals surface area contributed by atoms with Crippen molar-refractivity contribution in [3.05, 3.63) is 66.1 Å². The first-order valence-corrected chi connectivity index (χ1v) is 8.46. The van der Waals surface area contributed by atoms with Gasteiger partial charge in [0.2, 0.25) is 5.76 Å². The first kappa shape index (κ1) is 19.2. The van der Waals surface area contributed by atoms with Gasteiger partial charge in [0, 0.05) is 4.90 Å². The largest absolute Gasteiger partial charge is 0.500 e. The maximum absolute atomic E-state index is 12.8. The molecule has 0 aliphatic heterocycles. The van der Waals surface area contributed by atoms with Gasteiger partial charge in [0.15, 0.2) is 0 Å². The van der Waals surface area contributed by atoms with E-state index in [9.17, 15) is 18.9 Å². The van der Waals surface area contributed by atoms with Crippen molar-refractivity contribution in [3.63, 3.8) is 0 Å². The van der Waals surface area contributed by atoms with Gasteiger partial charge in [-0.15, -0.1) is 0 Å². The van der Waals surface area contributed by atoms with Crippen molar-refractivity contribution in [1.82, 2.24) is 0 Å². The lowest BCUT2D eigenvalue weighted by Crippen LogP contribution is -2.14. The Morgan fingerprint density at radius 3 is 2.31 bits per heavy atom. The van der Waals surface area contributed by atoms with Crippen molar-refractivity contribution in [1.29, 1.82) is 0 Å². The number of carbonyl (C=O) groups is 2. The molecule has 1 N–H and O–H groups in total. The third-order valence-corrected chi connectivity index (χ3v) is 4.63. The number of hydrogen-bond donors (Lipinski definition) is 1. The van der Waals surface area contributed by atoms with E-state index in [1.807, 2.05) is 0 Å². The van der Waals surface area contributed by atoms with Crippen molar-refractivity contribution in [2.45, 2.75) is 9.79 Å². The molecule has 0 spiro atoms. The Bertz CT molecular complexity index is 859. The molecule has 0 aromatic heterocycles. The summed E-state index contributed by atoms with van der Waals surface area (Å²) in [6.07, 6.45) is 0.984. The molecular weight excluding hydrogens is 360 g/mol. The number of ether oxygens (including phenoxy) is 3. The molecule has 2 aromatic rings. The van der Waals surface area contributed by atoms with E-state index in [0.29, 0.717) is 4.90 Å². The van der Waals surface area contributed by atoms with E-state index in [4.69, 9.17) is 9.47 Å². The fourth-order valence-electron chi connectivity index (χ4n) is 2.07. The molecule has 1 atom stereocenters. The summed E-state index contributed by atoms with van der Waals surface area (Å²) in [5, 5.41) is 9.60. The summed E-state index contributed by atoms with van der Waals surface area (Å²) in [5.41, 5.74) is -0.319. The second kappa shape index (κ2) is 8.82. The van der Waals surface area contributed by atoms with E-state index in [1.165, 1.54) is 25.3 Å². The van der Waals surface area contributed by atoms with Crippen LogP contribution in [0.15, 0.2) is 70.3 Å². The van der Waals surface area contributed by atoms with Crippen LogP contribution >= 0.6 is 0 Å². The highest BCUT2D eigenvalue weighted by atomic mass is 32.2. The van der Waals surface area contributed by atoms with E-state index in [1.54, 1.807) is 30.3 Å². The molecule has 0 radical (unpaired) electrons. The number of carboxylic acids is 1. The summed E-state index contributed by atoms with van der Waals surface area (Å²) in [4.78, 5) is 24.0. The van der Waals surface area contributed by atoms with Crippen molar-refractivity contribution >= 4 is 22.7 Å². The normalized spacial score (nSPS) is 12.2. The smallest absolute Gasteiger partial charge is 0.377 e. The Kier molecular flexibility index (Phi) is 6.51. The van der Waals surface area contributed by atoms with E-state index in [-0.39, 0.29) is 22.0 Å². The zero-order valence-corrected chi connectivity index (χ0v) is 14.8. The number of rotatable bonds is 7. The highest BCUT2D eigenvalue weighted by Crippen LogP contribution is 2.29. The second-order valence-corrected chi connectivity index (χ2v) is 6.28. The number of carboxylic acid groups (broad SMARTS) is 1. The molecule has 0 fully saturated rings. The van der Waals surface area contributed by atoms with Gasteiger partial charge in [0.25, 0.3) is 0 Å². The van der Waals surface area contributed by atoms with Crippen LogP contribution in [-0.4, -0.2) is 35.5 Å². The fraction of sp³-hybridized carbons (Fsp3) is 0.111. The van der Waals surface area contributed by atoms with Crippen LogP contribution in [0.1, 0.15) is 10.4 Å². The average molecular weight is 376 g/mol. The summed E-state index contributed by atoms with van der Waals surface area (Å²) >= 11 is 0. The van der Waals surface area contributed by atoms with E-state index in [0.717, 1.165) is 13.4 Å². The lowest BCUT2D eigenvalue weighted by molar-refractivity contribution is -0.138. The summed E-state index contributed by atoms with van der Waals surface area (Å²) in [6.45, 7) is 0. The molecule has 0 bridgehead atoms. The predicted octanol–water partition coefficient (Wildman–Crippen LogP) is 2.59. The van der Waals surface area contributed by atoms with Gasteiger partial charge in [-0.25, -0.2) is 13.8 Å². The molecule has 0 saturated carbocycles. The quantitative estimate of drug-likeness (QED) is 0.450. The molecule has 26 heavy (non-hydrogen) atoms. The summed E-state index contributed by atoms with van der Waals surface area (Å²) in [6, 6.07) is 12.7. The van der Waals surface area contributed by atoms with Crippen LogP contribution in [0.4, 0.5) is 0 Å². The highest BCUT2D eigenvalue weighted by Gasteiger charge is 2.24. The molecule has 0 aliphatic rings. The second-order valence-electron chi connectivity index (χ2n) is 4.83. The van der Waals surface area contributed by atoms with Crippen molar-refractivity contribution in [2.75, 3.05) is 14.2 Å². The molecule has 0 saturated heterocycles. The molecule has 7 nitrogen and oxygen atoms in total. The van der Waals surface area contributed by atoms with Gasteiger partial charge >= 0.3 is 11.9 Å². The number of benzene rings is 2. The highest BCUT2D eigenvalue weighted by molar-refractivity contribution is 7.85. The Morgan fingerprint density at radius 1 is 1.04 bits per heavy atom. The minimum Gasteiger partial charge on any atom is -0.500 e. The van der Waals surface area contributed by atoms with Crippen LogP contribution in [0.5, 0.6) is 5.75 Å². The van der Waals surface area contributed by atoms with Crippen molar-refractivity contribution < 1.29 is 33.1 Å². The Hall–Kier alpha value is -3.13. The summed E-state index contributed by atoms with van der Waals surface area (Å²) < 4.78 is 27.5. The van der Waals surface area contributed by atoms with Crippen LogP contribution in [0.25, 0.3) is 0 Å². The predicted molar refractivity (Wildman–Crippen MR) is 92.3 cm³/mol. The summed E-state index contributed by atoms with van der Waals surface area (Å²) in [7, 11) is 0.696. The standard InChI is InChI=1S/C18H16O7S/c1-23-11-14(18(21)24-2)25-13-9-6-10-15(16(13)17(19)20)26(22)12-7-4-3-5-8-12/h3-11H,1-2H3,(H,19,20)/b14-11+. The first-order chi connectivity index (χ1) is 12.5. The Morgan fingerprint density at radius 2 is 1.73 bits per heavy atom. The molecule has 0 aliphatic carbocycles.